The lowest BCUT2D eigenvalue weighted by Crippen LogP contribution is -2.39. The van der Waals surface area contributed by atoms with Crippen molar-refractivity contribution in [1.82, 2.24) is 4.90 Å². The van der Waals surface area contributed by atoms with Crippen molar-refractivity contribution >= 4 is 22.5 Å². The Morgan fingerprint density at radius 2 is 1.30 bits per heavy atom. The fourth-order valence-electron chi connectivity index (χ4n) is 4.61. The van der Waals surface area contributed by atoms with Crippen molar-refractivity contribution in [2.24, 2.45) is 0 Å². The molecule has 1 aliphatic rings. The van der Waals surface area contributed by atoms with Crippen LogP contribution in [0.15, 0.2) is 103 Å². The second-order valence-corrected chi connectivity index (χ2v) is 7.79. The molecule has 3 nitrogen and oxygen atoms in total. The number of likely N-dealkylation sites (tertiary alicyclic amines) is 1. The Morgan fingerprint density at radius 1 is 0.733 bits per heavy atom. The molecule has 0 saturated carbocycles. The lowest BCUT2D eigenvalue weighted by Gasteiger charge is -2.28. The molecule has 0 atom stereocenters. The summed E-state index contributed by atoms with van der Waals surface area (Å²) >= 11 is 0. The van der Waals surface area contributed by atoms with Crippen LogP contribution < -0.4 is 0 Å². The monoisotopic (exact) mass is 390 g/mol. The highest BCUT2D eigenvalue weighted by Crippen LogP contribution is 2.43. The Hall–Kier alpha value is -3.72. The van der Waals surface area contributed by atoms with E-state index in [1.165, 1.54) is 0 Å². The van der Waals surface area contributed by atoms with Gasteiger partial charge in [-0.1, -0.05) is 103 Å². The number of rotatable bonds is 4. The van der Waals surface area contributed by atoms with Gasteiger partial charge in [0.1, 0.15) is 11.3 Å². The minimum absolute atomic E-state index is 0.0298. The highest BCUT2D eigenvalue weighted by Gasteiger charge is 2.52. The van der Waals surface area contributed by atoms with Crippen molar-refractivity contribution in [2.45, 2.75) is 18.4 Å². The number of carbonyl (C=O) groups excluding carboxylic acids is 1. The molecule has 146 valence electrons. The summed E-state index contributed by atoms with van der Waals surface area (Å²) in [6.07, 6.45) is 0.366. The van der Waals surface area contributed by atoms with Gasteiger partial charge in [-0.05, 0) is 27.5 Å². The number of hydrogen-bond acceptors (Lipinski definition) is 2. The van der Waals surface area contributed by atoms with Crippen molar-refractivity contribution in [3.63, 3.8) is 0 Å². The van der Waals surface area contributed by atoms with Crippen LogP contribution in [0.5, 0.6) is 0 Å². The van der Waals surface area contributed by atoms with Gasteiger partial charge in [0.15, 0.2) is 0 Å². The number of amides is 1. The third-order valence-electron chi connectivity index (χ3n) is 6.11. The first-order chi connectivity index (χ1) is 14.7. The molecule has 0 radical (unpaired) electrons. The van der Waals surface area contributed by atoms with E-state index >= 15 is 0 Å². The molecule has 0 bridgehead atoms. The fraction of sp³-hybridized carbons (Fsp3) is 0.111. The summed E-state index contributed by atoms with van der Waals surface area (Å²) in [6, 6.07) is 34.1. The van der Waals surface area contributed by atoms with Crippen LogP contribution in [0.1, 0.15) is 23.1 Å². The molecule has 0 unspecified atom stereocenters. The van der Waals surface area contributed by atoms with Gasteiger partial charge in [-0.2, -0.15) is 0 Å². The third kappa shape index (κ3) is 2.82. The summed E-state index contributed by atoms with van der Waals surface area (Å²) in [5, 5.41) is 11.0. The van der Waals surface area contributed by atoms with Crippen LogP contribution in [-0.4, -0.2) is 16.6 Å². The summed E-state index contributed by atoms with van der Waals surface area (Å²) in [7, 11) is 0. The van der Waals surface area contributed by atoms with Crippen LogP contribution >= 0.6 is 0 Å². The molecule has 1 fully saturated rings. The number of fused-ring (bicyclic) bond motifs is 1. The SMILES string of the molecule is N=C1CC(c2ccccc2)(c2ccccc2)C(=O)N1Cc1cccc2ccccc12. The molecule has 0 spiro atoms. The van der Waals surface area contributed by atoms with Gasteiger partial charge in [-0.15, -0.1) is 0 Å². The van der Waals surface area contributed by atoms with E-state index in [0.29, 0.717) is 18.8 Å². The van der Waals surface area contributed by atoms with E-state index in [1.807, 2.05) is 84.9 Å². The molecular weight excluding hydrogens is 368 g/mol. The minimum atomic E-state index is -0.857. The molecule has 4 aromatic carbocycles. The highest BCUT2D eigenvalue weighted by molar-refractivity contribution is 6.12. The van der Waals surface area contributed by atoms with E-state index in [2.05, 4.69) is 18.2 Å². The van der Waals surface area contributed by atoms with Crippen LogP contribution in [0, 0.1) is 5.41 Å². The summed E-state index contributed by atoms with van der Waals surface area (Å²) in [5.74, 6) is 0.332. The first kappa shape index (κ1) is 18.3. The number of carbonyl (C=O) groups is 1. The van der Waals surface area contributed by atoms with Crippen molar-refractivity contribution in [3.05, 3.63) is 120 Å². The summed E-state index contributed by atoms with van der Waals surface area (Å²) < 4.78 is 0. The first-order valence-corrected chi connectivity index (χ1v) is 10.2. The molecule has 3 heteroatoms. The predicted octanol–water partition coefficient (Wildman–Crippen LogP) is 5.54. The van der Waals surface area contributed by atoms with Crippen LogP contribution in [0.4, 0.5) is 0 Å². The van der Waals surface area contributed by atoms with Crippen LogP contribution in [-0.2, 0) is 16.8 Å². The minimum Gasteiger partial charge on any atom is -0.295 e. The van der Waals surface area contributed by atoms with E-state index < -0.39 is 5.41 Å². The van der Waals surface area contributed by atoms with Crippen molar-refractivity contribution in [3.8, 4) is 0 Å². The molecule has 0 aromatic heterocycles. The normalized spacial score (nSPS) is 15.7. The van der Waals surface area contributed by atoms with E-state index in [-0.39, 0.29) is 5.91 Å². The largest absolute Gasteiger partial charge is 0.295 e. The molecule has 1 aliphatic heterocycles. The standard InChI is InChI=1S/C27H22N2O/c28-25-18-27(22-13-3-1-4-14-22,23-15-5-2-6-16-23)26(30)29(25)19-21-12-9-11-20-10-7-8-17-24(20)21/h1-17,28H,18-19H2. The van der Waals surface area contributed by atoms with Crippen molar-refractivity contribution in [2.75, 3.05) is 0 Å². The Kier molecular flexibility index (Phi) is 4.44. The average molecular weight is 390 g/mol. The first-order valence-electron chi connectivity index (χ1n) is 10.2. The topological polar surface area (TPSA) is 44.2 Å². The van der Waals surface area contributed by atoms with E-state index in [9.17, 15) is 4.79 Å². The zero-order valence-electron chi connectivity index (χ0n) is 16.6. The highest BCUT2D eigenvalue weighted by atomic mass is 16.2. The van der Waals surface area contributed by atoms with Gasteiger partial charge in [0.25, 0.3) is 0 Å². The van der Waals surface area contributed by atoms with Crippen LogP contribution in [0.25, 0.3) is 10.8 Å². The second kappa shape index (κ2) is 7.27. The predicted molar refractivity (Wildman–Crippen MR) is 121 cm³/mol. The van der Waals surface area contributed by atoms with Gasteiger partial charge in [-0.3, -0.25) is 15.1 Å². The Labute approximate surface area is 176 Å². The Balaban J connectivity index is 1.61. The molecule has 1 saturated heterocycles. The van der Waals surface area contributed by atoms with Crippen molar-refractivity contribution in [1.29, 1.82) is 5.41 Å². The lowest BCUT2D eigenvalue weighted by atomic mass is 9.73. The summed E-state index contributed by atoms with van der Waals surface area (Å²) in [6.45, 7) is 0.403. The number of benzene rings is 4. The third-order valence-corrected chi connectivity index (χ3v) is 6.11. The van der Waals surface area contributed by atoms with Gasteiger partial charge < -0.3 is 0 Å². The summed E-state index contributed by atoms with van der Waals surface area (Å²) in [4.78, 5) is 15.6. The van der Waals surface area contributed by atoms with Crippen LogP contribution in [0.3, 0.4) is 0 Å². The van der Waals surface area contributed by atoms with Gasteiger partial charge in [-0.25, -0.2) is 0 Å². The van der Waals surface area contributed by atoms with Gasteiger partial charge in [0.05, 0.1) is 6.54 Å². The summed E-state index contributed by atoms with van der Waals surface area (Å²) in [5.41, 5.74) is 2.07. The second-order valence-electron chi connectivity index (χ2n) is 7.79. The maximum absolute atomic E-state index is 14.0. The van der Waals surface area contributed by atoms with Gasteiger partial charge in [0.2, 0.25) is 5.91 Å². The molecule has 1 heterocycles. The number of hydrogen-bond donors (Lipinski definition) is 1. The van der Waals surface area contributed by atoms with Gasteiger partial charge in [0, 0.05) is 6.42 Å². The molecule has 1 N–H and O–H groups in total. The zero-order chi connectivity index (χ0) is 20.6. The molecular formula is C27H22N2O. The maximum Gasteiger partial charge on any atom is 0.243 e. The average Bonchev–Trinajstić information content (AvgIpc) is 3.06. The van der Waals surface area contributed by atoms with E-state index in [1.54, 1.807) is 4.90 Å². The Morgan fingerprint density at radius 3 is 1.97 bits per heavy atom. The number of nitrogens with one attached hydrogen (secondary N) is 1. The lowest BCUT2D eigenvalue weighted by molar-refractivity contribution is -0.130. The Bertz CT molecular complexity index is 1190. The number of nitrogens with zero attached hydrogens (tertiary/aromatic N) is 1. The molecule has 0 aliphatic carbocycles. The molecule has 5 rings (SSSR count). The smallest absolute Gasteiger partial charge is 0.243 e. The quantitative estimate of drug-likeness (QED) is 0.489. The van der Waals surface area contributed by atoms with E-state index in [0.717, 1.165) is 27.5 Å². The van der Waals surface area contributed by atoms with Crippen LogP contribution in [0.2, 0.25) is 0 Å². The maximum atomic E-state index is 14.0. The molecule has 30 heavy (non-hydrogen) atoms. The fourth-order valence-corrected chi connectivity index (χ4v) is 4.61. The van der Waals surface area contributed by atoms with Crippen molar-refractivity contribution < 1.29 is 4.79 Å². The van der Waals surface area contributed by atoms with E-state index in [4.69, 9.17) is 5.41 Å². The zero-order valence-corrected chi connectivity index (χ0v) is 16.6. The number of amidine groups is 1. The van der Waals surface area contributed by atoms with Gasteiger partial charge >= 0.3 is 0 Å². The molecule has 4 aromatic rings. The molecule has 1 amide bonds.